The largest absolute Gasteiger partial charge is 0.465 e. The van der Waals surface area contributed by atoms with E-state index in [-0.39, 0.29) is 21.8 Å². The molecule has 7 nitrogen and oxygen atoms in total. The highest BCUT2D eigenvalue weighted by Gasteiger charge is 2.24. The molecule has 0 aliphatic carbocycles. The van der Waals surface area contributed by atoms with E-state index in [4.69, 9.17) is 16.3 Å². The van der Waals surface area contributed by atoms with Crippen molar-refractivity contribution in [2.24, 2.45) is 0 Å². The number of benzene rings is 2. The summed E-state index contributed by atoms with van der Waals surface area (Å²) in [7, 11) is 1.27. The van der Waals surface area contributed by atoms with Crippen molar-refractivity contribution in [2.75, 3.05) is 12.4 Å². The Morgan fingerprint density at radius 3 is 2.47 bits per heavy atom. The minimum Gasteiger partial charge on any atom is -0.465 e. The molecular weight excluding hydrogens is 428 g/mol. The maximum Gasteiger partial charge on any atom is 0.341 e. The second kappa shape index (κ2) is 9.06. The Hall–Kier alpha value is -3.23. The van der Waals surface area contributed by atoms with Gasteiger partial charge in [0.1, 0.15) is 10.6 Å². The number of rotatable bonds is 6. The lowest BCUT2D eigenvalue weighted by atomic mass is 10.0. The lowest BCUT2D eigenvalue weighted by Gasteiger charge is -2.09. The monoisotopic (exact) mass is 444 g/mol. The third-order valence-electron chi connectivity index (χ3n) is 4.49. The molecule has 2 aromatic carbocycles. The van der Waals surface area contributed by atoms with Crippen molar-refractivity contribution in [1.29, 1.82) is 0 Å². The molecule has 0 fully saturated rings. The number of non-ortho nitro benzene ring substituents is 1. The van der Waals surface area contributed by atoms with E-state index in [0.29, 0.717) is 10.6 Å². The highest BCUT2D eigenvalue weighted by atomic mass is 35.5. The Morgan fingerprint density at radius 1 is 1.20 bits per heavy atom. The molecule has 0 saturated heterocycles. The number of hydrogen-bond donors (Lipinski definition) is 1. The number of amides is 1. The smallest absolute Gasteiger partial charge is 0.341 e. The maximum atomic E-state index is 12.7. The number of halogens is 1. The van der Waals surface area contributed by atoms with E-state index in [2.05, 4.69) is 12.2 Å². The van der Waals surface area contributed by atoms with Gasteiger partial charge in [0.05, 0.1) is 22.6 Å². The van der Waals surface area contributed by atoms with Crippen LogP contribution in [0.4, 0.5) is 10.7 Å². The van der Waals surface area contributed by atoms with Gasteiger partial charge in [0, 0.05) is 23.1 Å². The standard InChI is InChI=1S/C21H17ClN2O5S/c1-3-12-4-6-13(7-5-12)16-11-30-20(18(16)21(26)29-2)23-19(25)15-9-8-14(24(27)28)10-17(15)22/h4-11H,3H2,1-2H3,(H,23,25). The number of hydrogen-bond acceptors (Lipinski definition) is 6. The molecule has 1 aromatic heterocycles. The van der Waals surface area contributed by atoms with Crippen LogP contribution in [0.25, 0.3) is 11.1 Å². The van der Waals surface area contributed by atoms with Crippen molar-refractivity contribution in [3.05, 3.63) is 79.7 Å². The van der Waals surface area contributed by atoms with Gasteiger partial charge in [-0.15, -0.1) is 11.3 Å². The minimum atomic E-state index is -0.599. The summed E-state index contributed by atoms with van der Waals surface area (Å²) in [4.78, 5) is 35.4. The van der Waals surface area contributed by atoms with Crippen molar-refractivity contribution in [3.8, 4) is 11.1 Å². The number of nitrogens with zero attached hydrogens (tertiary/aromatic N) is 1. The lowest BCUT2D eigenvalue weighted by molar-refractivity contribution is -0.384. The van der Waals surface area contributed by atoms with Gasteiger partial charge in [-0.1, -0.05) is 42.8 Å². The Balaban J connectivity index is 1.96. The number of nitro benzene ring substituents is 1. The lowest BCUT2D eigenvalue weighted by Crippen LogP contribution is -2.14. The summed E-state index contributed by atoms with van der Waals surface area (Å²) in [6.07, 6.45) is 0.894. The molecule has 0 bridgehead atoms. The van der Waals surface area contributed by atoms with Crippen LogP contribution in [0, 0.1) is 10.1 Å². The molecule has 0 atom stereocenters. The topological polar surface area (TPSA) is 98.5 Å². The summed E-state index contributed by atoms with van der Waals surface area (Å²) >= 11 is 7.22. The van der Waals surface area contributed by atoms with E-state index in [0.717, 1.165) is 23.6 Å². The number of nitro groups is 1. The van der Waals surface area contributed by atoms with Crippen LogP contribution in [0.1, 0.15) is 33.2 Å². The zero-order valence-electron chi connectivity index (χ0n) is 16.1. The molecule has 0 saturated carbocycles. The number of thiophene rings is 1. The van der Waals surface area contributed by atoms with E-state index >= 15 is 0 Å². The third-order valence-corrected chi connectivity index (χ3v) is 5.70. The molecule has 9 heteroatoms. The van der Waals surface area contributed by atoms with Crippen LogP contribution in [0.3, 0.4) is 0 Å². The predicted octanol–water partition coefficient (Wildman–Crippen LogP) is 5.58. The van der Waals surface area contributed by atoms with Crippen LogP contribution in [0.5, 0.6) is 0 Å². The zero-order chi connectivity index (χ0) is 21.8. The Kier molecular flexibility index (Phi) is 6.49. The molecule has 3 rings (SSSR count). The number of esters is 1. The Morgan fingerprint density at radius 2 is 1.90 bits per heavy atom. The van der Waals surface area contributed by atoms with Crippen LogP contribution in [0.2, 0.25) is 5.02 Å². The normalized spacial score (nSPS) is 10.5. The van der Waals surface area contributed by atoms with E-state index in [1.165, 1.54) is 30.6 Å². The van der Waals surface area contributed by atoms with Gasteiger partial charge in [0.25, 0.3) is 11.6 Å². The molecule has 154 valence electrons. The molecule has 0 aliphatic heterocycles. The van der Waals surface area contributed by atoms with Crippen LogP contribution in [-0.2, 0) is 11.2 Å². The SMILES string of the molecule is CCc1ccc(-c2csc(NC(=O)c3ccc([N+](=O)[O-])cc3Cl)c2C(=O)OC)cc1. The third kappa shape index (κ3) is 4.34. The molecule has 0 spiro atoms. The number of ether oxygens (including phenoxy) is 1. The molecule has 0 radical (unpaired) electrons. The molecule has 1 N–H and O–H groups in total. The van der Waals surface area contributed by atoms with Gasteiger partial charge in [-0.3, -0.25) is 14.9 Å². The number of carbonyl (C=O) groups is 2. The summed E-state index contributed by atoms with van der Waals surface area (Å²) in [5.74, 6) is -1.18. The molecule has 3 aromatic rings. The van der Waals surface area contributed by atoms with Crippen LogP contribution in [-0.4, -0.2) is 23.9 Å². The van der Waals surface area contributed by atoms with Gasteiger partial charge < -0.3 is 10.1 Å². The number of methoxy groups -OCH3 is 1. The average Bonchev–Trinajstić information content (AvgIpc) is 3.16. The summed E-state index contributed by atoms with van der Waals surface area (Å²) in [6, 6.07) is 11.3. The van der Waals surface area contributed by atoms with Gasteiger partial charge in [-0.05, 0) is 23.6 Å². The predicted molar refractivity (Wildman–Crippen MR) is 117 cm³/mol. The number of anilines is 1. The summed E-state index contributed by atoms with van der Waals surface area (Å²) in [6.45, 7) is 2.05. The zero-order valence-corrected chi connectivity index (χ0v) is 17.7. The minimum absolute atomic E-state index is 0.0559. The quantitative estimate of drug-likeness (QED) is 0.304. The van der Waals surface area contributed by atoms with Crippen LogP contribution >= 0.6 is 22.9 Å². The van der Waals surface area contributed by atoms with Gasteiger partial charge in [0.15, 0.2) is 0 Å². The first kappa shape index (κ1) is 21.5. The summed E-state index contributed by atoms with van der Waals surface area (Å²) in [5.41, 5.74) is 2.69. The highest BCUT2D eigenvalue weighted by Crippen LogP contribution is 2.37. The van der Waals surface area contributed by atoms with E-state index in [9.17, 15) is 19.7 Å². The van der Waals surface area contributed by atoms with E-state index in [1.807, 2.05) is 24.3 Å². The van der Waals surface area contributed by atoms with Gasteiger partial charge in [-0.2, -0.15) is 0 Å². The van der Waals surface area contributed by atoms with E-state index in [1.54, 1.807) is 5.38 Å². The summed E-state index contributed by atoms with van der Waals surface area (Å²) < 4.78 is 4.91. The van der Waals surface area contributed by atoms with E-state index < -0.39 is 16.8 Å². The second-order valence-corrected chi connectivity index (χ2v) is 7.56. The Labute approximate surface area is 181 Å². The van der Waals surface area contributed by atoms with Gasteiger partial charge in [0.2, 0.25) is 0 Å². The van der Waals surface area contributed by atoms with Gasteiger partial charge in [-0.25, -0.2) is 4.79 Å². The highest BCUT2D eigenvalue weighted by molar-refractivity contribution is 7.15. The van der Waals surface area contributed by atoms with Crippen molar-refractivity contribution in [2.45, 2.75) is 13.3 Å². The van der Waals surface area contributed by atoms with Crippen LogP contribution in [0.15, 0.2) is 47.8 Å². The summed E-state index contributed by atoms with van der Waals surface area (Å²) in [5, 5.41) is 15.5. The fourth-order valence-electron chi connectivity index (χ4n) is 2.86. The molecule has 1 heterocycles. The molecule has 30 heavy (non-hydrogen) atoms. The number of nitrogens with one attached hydrogen (secondary N) is 1. The second-order valence-electron chi connectivity index (χ2n) is 6.27. The molecule has 0 aliphatic rings. The van der Waals surface area contributed by atoms with Crippen molar-refractivity contribution < 1.29 is 19.2 Å². The fraction of sp³-hybridized carbons (Fsp3) is 0.143. The Bertz CT molecular complexity index is 1120. The molecule has 1 amide bonds. The number of aryl methyl sites for hydroxylation is 1. The average molecular weight is 445 g/mol. The van der Waals surface area contributed by atoms with Crippen molar-refractivity contribution >= 4 is 45.5 Å². The fourth-order valence-corrected chi connectivity index (χ4v) is 4.07. The molecular formula is C21H17ClN2O5S. The molecule has 0 unspecified atom stereocenters. The first-order chi connectivity index (χ1) is 14.3. The van der Waals surface area contributed by atoms with Crippen molar-refractivity contribution in [1.82, 2.24) is 0 Å². The number of carbonyl (C=O) groups excluding carboxylic acids is 2. The maximum absolute atomic E-state index is 12.7. The first-order valence-electron chi connectivity index (χ1n) is 8.90. The van der Waals surface area contributed by atoms with Gasteiger partial charge >= 0.3 is 5.97 Å². The first-order valence-corrected chi connectivity index (χ1v) is 10.2. The van der Waals surface area contributed by atoms with Crippen LogP contribution < -0.4 is 5.32 Å². The van der Waals surface area contributed by atoms with Crippen molar-refractivity contribution in [3.63, 3.8) is 0 Å².